The van der Waals surface area contributed by atoms with Crippen molar-refractivity contribution in [2.45, 2.75) is 13.5 Å². The normalized spacial score (nSPS) is 16.1. The number of hydrogen-bond donors (Lipinski definition) is 1. The van der Waals surface area contributed by atoms with Gasteiger partial charge in [-0.1, -0.05) is 29.8 Å². The number of aryl methyl sites for hydroxylation is 1. The molecule has 0 radical (unpaired) electrons. The summed E-state index contributed by atoms with van der Waals surface area (Å²) in [5, 5.41) is 3.11. The van der Waals surface area contributed by atoms with E-state index in [0.717, 1.165) is 31.3 Å². The lowest BCUT2D eigenvalue weighted by Gasteiger charge is -2.35. The Bertz CT molecular complexity index is 630. The summed E-state index contributed by atoms with van der Waals surface area (Å²) in [4.78, 5) is 13.3. The number of piperazine rings is 1. The van der Waals surface area contributed by atoms with Gasteiger partial charge in [0.25, 0.3) is 0 Å². The van der Waals surface area contributed by atoms with E-state index in [-0.39, 0.29) is 0 Å². The summed E-state index contributed by atoms with van der Waals surface area (Å²) in [6.07, 6.45) is 1.85. The van der Waals surface area contributed by atoms with Crippen molar-refractivity contribution in [2.24, 2.45) is 10.7 Å². The zero-order valence-corrected chi connectivity index (χ0v) is 13.6. The molecule has 5 nitrogen and oxygen atoms in total. The number of nitrogens with two attached hydrogens (primary N) is 1. The van der Waals surface area contributed by atoms with Gasteiger partial charge in [-0.2, -0.15) is 0 Å². The lowest BCUT2D eigenvalue weighted by molar-refractivity contribution is 0.380. The maximum atomic E-state index is 6.14. The molecule has 1 fully saturated rings. The van der Waals surface area contributed by atoms with Crippen LogP contribution in [0.5, 0.6) is 0 Å². The van der Waals surface area contributed by atoms with E-state index in [1.54, 1.807) is 11.3 Å². The Hall–Kier alpha value is -2.08. The second-order valence-electron chi connectivity index (χ2n) is 5.45. The number of anilines is 1. The zero-order valence-electron chi connectivity index (χ0n) is 12.8. The Balaban J connectivity index is 1.55. The van der Waals surface area contributed by atoms with E-state index in [2.05, 4.69) is 51.0 Å². The monoisotopic (exact) mass is 315 g/mol. The predicted molar refractivity (Wildman–Crippen MR) is 92.4 cm³/mol. The Morgan fingerprint density at radius 2 is 2.14 bits per heavy atom. The number of thiazole rings is 1. The number of nitrogens with zero attached hydrogens (tertiary/aromatic N) is 4. The van der Waals surface area contributed by atoms with E-state index in [1.165, 1.54) is 11.1 Å². The largest absolute Gasteiger partial charge is 0.370 e. The summed E-state index contributed by atoms with van der Waals surface area (Å²) in [5.41, 5.74) is 8.59. The molecule has 1 aromatic carbocycles. The fraction of sp³-hybridized carbons (Fsp3) is 0.375. The standard InChI is InChI=1S/C16H21N5S/c1-13-3-2-4-14(11-13)12-19-15(17)20-6-8-21(9-7-20)16-18-5-10-22-16/h2-5,10-11H,6-9,12H2,1H3,(H2,17,19). The van der Waals surface area contributed by atoms with Gasteiger partial charge in [-0.05, 0) is 12.5 Å². The molecule has 6 heteroatoms. The Morgan fingerprint density at radius 3 is 2.82 bits per heavy atom. The van der Waals surface area contributed by atoms with E-state index in [1.807, 2.05) is 11.6 Å². The van der Waals surface area contributed by atoms with Crippen molar-refractivity contribution in [3.63, 3.8) is 0 Å². The maximum absolute atomic E-state index is 6.14. The van der Waals surface area contributed by atoms with Crippen molar-refractivity contribution in [1.29, 1.82) is 0 Å². The van der Waals surface area contributed by atoms with Crippen LogP contribution in [0.4, 0.5) is 5.13 Å². The molecule has 0 saturated carbocycles. The molecule has 2 heterocycles. The highest BCUT2D eigenvalue weighted by atomic mass is 32.1. The fourth-order valence-corrected chi connectivity index (χ4v) is 3.28. The third kappa shape index (κ3) is 3.57. The first-order valence-corrected chi connectivity index (χ1v) is 8.35. The number of hydrogen-bond acceptors (Lipinski definition) is 4. The molecule has 2 aromatic rings. The van der Waals surface area contributed by atoms with E-state index in [0.29, 0.717) is 12.5 Å². The first-order chi connectivity index (χ1) is 10.7. The lowest BCUT2D eigenvalue weighted by Crippen LogP contribution is -2.51. The highest BCUT2D eigenvalue weighted by Gasteiger charge is 2.19. The van der Waals surface area contributed by atoms with Crippen LogP contribution < -0.4 is 10.6 Å². The van der Waals surface area contributed by atoms with E-state index in [4.69, 9.17) is 5.73 Å². The van der Waals surface area contributed by atoms with Crippen molar-refractivity contribution < 1.29 is 0 Å². The zero-order chi connectivity index (χ0) is 15.4. The minimum atomic E-state index is 0.639. The minimum Gasteiger partial charge on any atom is -0.370 e. The van der Waals surface area contributed by atoms with Crippen LogP contribution in [-0.4, -0.2) is 42.0 Å². The van der Waals surface area contributed by atoms with Crippen molar-refractivity contribution in [3.05, 3.63) is 47.0 Å². The van der Waals surface area contributed by atoms with E-state index < -0.39 is 0 Å². The quantitative estimate of drug-likeness (QED) is 0.696. The third-order valence-corrected chi connectivity index (χ3v) is 4.63. The summed E-state index contributed by atoms with van der Waals surface area (Å²) < 4.78 is 0. The number of benzene rings is 1. The van der Waals surface area contributed by atoms with Crippen LogP contribution in [0.2, 0.25) is 0 Å². The van der Waals surface area contributed by atoms with Gasteiger partial charge in [0.15, 0.2) is 11.1 Å². The number of rotatable bonds is 3. The fourth-order valence-electron chi connectivity index (χ4n) is 2.58. The van der Waals surface area contributed by atoms with Crippen molar-refractivity contribution in [2.75, 3.05) is 31.1 Å². The second-order valence-corrected chi connectivity index (χ2v) is 6.33. The van der Waals surface area contributed by atoms with Crippen LogP contribution in [0.15, 0.2) is 40.8 Å². The Labute approximate surface area is 135 Å². The van der Waals surface area contributed by atoms with Gasteiger partial charge in [-0.15, -0.1) is 11.3 Å². The summed E-state index contributed by atoms with van der Waals surface area (Å²) in [6.45, 7) is 6.39. The molecule has 0 amide bonds. The van der Waals surface area contributed by atoms with Gasteiger partial charge in [-0.3, -0.25) is 0 Å². The molecule has 2 N–H and O–H groups in total. The van der Waals surface area contributed by atoms with Crippen molar-refractivity contribution >= 4 is 22.4 Å². The number of aliphatic imine (C=N–C) groups is 1. The van der Waals surface area contributed by atoms with Gasteiger partial charge in [0, 0.05) is 37.8 Å². The Morgan fingerprint density at radius 1 is 1.32 bits per heavy atom. The number of guanidine groups is 1. The molecule has 0 bridgehead atoms. The summed E-state index contributed by atoms with van der Waals surface area (Å²) >= 11 is 1.68. The second kappa shape index (κ2) is 6.79. The van der Waals surface area contributed by atoms with Gasteiger partial charge in [0.1, 0.15) is 0 Å². The summed E-state index contributed by atoms with van der Waals surface area (Å²) in [5.74, 6) is 0.639. The van der Waals surface area contributed by atoms with Gasteiger partial charge < -0.3 is 15.5 Å². The smallest absolute Gasteiger partial charge is 0.191 e. The molecule has 1 aliphatic heterocycles. The topological polar surface area (TPSA) is 57.8 Å². The van der Waals surface area contributed by atoms with Crippen LogP contribution in [-0.2, 0) is 6.54 Å². The van der Waals surface area contributed by atoms with Gasteiger partial charge in [-0.25, -0.2) is 9.98 Å². The molecule has 0 aliphatic carbocycles. The average molecular weight is 315 g/mol. The molecule has 116 valence electrons. The average Bonchev–Trinajstić information content (AvgIpc) is 3.07. The highest BCUT2D eigenvalue weighted by Crippen LogP contribution is 2.18. The molecule has 3 rings (SSSR count). The van der Waals surface area contributed by atoms with Crippen LogP contribution >= 0.6 is 11.3 Å². The maximum Gasteiger partial charge on any atom is 0.191 e. The molecule has 0 spiro atoms. The highest BCUT2D eigenvalue weighted by molar-refractivity contribution is 7.13. The van der Waals surface area contributed by atoms with Crippen LogP contribution in [0, 0.1) is 6.92 Å². The van der Waals surface area contributed by atoms with Crippen molar-refractivity contribution in [3.8, 4) is 0 Å². The predicted octanol–water partition coefficient (Wildman–Crippen LogP) is 2.09. The molecule has 0 unspecified atom stereocenters. The molecule has 0 atom stereocenters. The van der Waals surface area contributed by atoms with Gasteiger partial charge >= 0.3 is 0 Å². The minimum absolute atomic E-state index is 0.639. The molecular weight excluding hydrogens is 294 g/mol. The van der Waals surface area contributed by atoms with E-state index >= 15 is 0 Å². The first-order valence-electron chi connectivity index (χ1n) is 7.47. The molecule has 1 saturated heterocycles. The van der Waals surface area contributed by atoms with Gasteiger partial charge in [0.05, 0.1) is 6.54 Å². The molecule has 1 aliphatic rings. The lowest BCUT2D eigenvalue weighted by atomic mass is 10.1. The Kier molecular flexibility index (Phi) is 4.58. The summed E-state index contributed by atoms with van der Waals surface area (Å²) in [7, 11) is 0. The molecular formula is C16H21N5S. The molecule has 1 aromatic heterocycles. The van der Waals surface area contributed by atoms with Crippen LogP contribution in [0.25, 0.3) is 0 Å². The SMILES string of the molecule is Cc1cccc(CN=C(N)N2CCN(c3nccs3)CC2)c1. The van der Waals surface area contributed by atoms with Crippen LogP contribution in [0.1, 0.15) is 11.1 Å². The molecule has 22 heavy (non-hydrogen) atoms. The number of aromatic nitrogens is 1. The van der Waals surface area contributed by atoms with Crippen LogP contribution in [0.3, 0.4) is 0 Å². The summed E-state index contributed by atoms with van der Waals surface area (Å²) in [6, 6.07) is 8.39. The third-order valence-electron chi connectivity index (χ3n) is 3.80. The first kappa shape index (κ1) is 14.8. The van der Waals surface area contributed by atoms with Gasteiger partial charge in [0.2, 0.25) is 0 Å². The van der Waals surface area contributed by atoms with Crippen molar-refractivity contribution in [1.82, 2.24) is 9.88 Å². The van der Waals surface area contributed by atoms with E-state index in [9.17, 15) is 0 Å².